The standard InChI is InChI=1S/C24H19NO4S/c26-12-13-30-23-19(24(29)25-14-15-6-2-1-3-7-15)11-10-18-20(23)22(28)17-9-5-4-8-16(17)21(18)27/h1-11,26H,12-14H2,(H,25,29). The molecular weight excluding hydrogens is 398 g/mol. The molecule has 2 N–H and O–H groups in total. The third-order valence-corrected chi connectivity index (χ3v) is 6.02. The maximum atomic E-state index is 13.2. The van der Waals surface area contributed by atoms with E-state index in [9.17, 15) is 19.5 Å². The van der Waals surface area contributed by atoms with Gasteiger partial charge < -0.3 is 10.4 Å². The van der Waals surface area contributed by atoms with Crippen LogP contribution in [0.1, 0.15) is 47.8 Å². The number of hydrogen-bond donors (Lipinski definition) is 2. The van der Waals surface area contributed by atoms with Crippen LogP contribution in [0.2, 0.25) is 0 Å². The number of hydrogen-bond acceptors (Lipinski definition) is 5. The summed E-state index contributed by atoms with van der Waals surface area (Å²) in [5.41, 5.74) is 2.51. The minimum absolute atomic E-state index is 0.113. The highest BCUT2D eigenvalue weighted by Crippen LogP contribution is 2.36. The summed E-state index contributed by atoms with van der Waals surface area (Å²) in [6.07, 6.45) is 0. The van der Waals surface area contributed by atoms with Crippen molar-refractivity contribution in [2.45, 2.75) is 11.4 Å². The summed E-state index contributed by atoms with van der Waals surface area (Å²) >= 11 is 1.21. The number of aliphatic hydroxyl groups excluding tert-OH is 1. The van der Waals surface area contributed by atoms with Gasteiger partial charge in [-0.1, -0.05) is 54.6 Å². The lowest BCUT2D eigenvalue weighted by Crippen LogP contribution is -2.27. The van der Waals surface area contributed by atoms with Crippen LogP contribution in [0.25, 0.3) is 0 Å². The average molecular weight is 417 g/mol. The molecule has 0 fully saturated rings. The first-order valence-electron chi connectivity index (χ1n) is 9.53. The molecule has 0 saturated carbocycles. The predicted octanol–water partition coefficient (Wildman–Crippen LogP) is 3.48. The van der Waals surface area contributed by atoms with Gasteiger partial charge in [0.15, 0.2) is 11.6 Å². The molecule has 3 aromatic carbocycles. The van der Waals surface area contributed by atoms with Gasteiger partial charge in [0, 0.05) is 39.4 Å². The van der Waals surface area contributed by atoms with E-state index in [1.165, 1.54) is 11.8 Å². The van der Waals surface area contributed by atoms with Crippen LogP contribution in [0, 0.1) is 0 Å². The molecule has 4 rings (SSSR count). The van der Waals surface area contributed by atoms with Gasteiger partial charge in [-0.05, 0) is 17.7 Å². The van der Waals surface area contributed by atoms with Gasteiger partial charge in [0.05, 0.1) is 12.2 Å². The van der Waals surface area contributed by atoms with Crippen LogP contribution in [0.3, 0.4) is 0 Å². The first-order chi connectivity index (χ1) is 14.6. The van der Waals surface area contributed by atoms with E-state index in [-0.39, 0.29) is 29.6 Å². The molecular formula is C24H19NO4S. The van der Waals surface area contributed by atoms with Gasteiger partial charge in [-0.25, -0.2) is 0 Å². The van der Waals surface area contributed by atoms with Crippen LogP contribution in [0.5, 0.6) is 0 Å². The minimum Gasteiger partial charge on any atom is -0.396 e. The molecule has 5 nitrogen and oxygen atoms in total. The van der Waals surface area contributed by atoms with E-state index in [1.54, 1.807) is 36.4 Å². The van der Waals surface area contributed by atoms with Crippen molar-refractivity contribution in [2.24, 2.45) is 0 Å². The average Bonchev–Trinajstić information content (AvgIpc) is 2.79. The zero-order valence-electron chi connectivity index (χ0n) is 16.1. The molecule has 3 aromatic rings. The second-order valence-corrected chi connectivity index (χ2v) is 7.91. The van der Waals surface area contributed by atoms with E-state index in [0.29, 0.717) is 39.4 Å². The molecule has 0 aliphatic heterocycles. The highest BCUT2D eigenvalue weighted by Gasteiger charge is 2.33. The Labute approximate surface area is 178 Å². The number of nitrogens with one attached hydrogen (secondary N) is 1. The minimum atomic E-state index is -0.332. The predicted molar refractivity (Wildman–Crippen MR) is 115 cm³/mol. The van der Waals surface area contributed by atoms with Gasteiger partial charge in [-0.3, -0.25) is 14.4 Å². The molecule has 30 heavy (non-hydrogen) atoms. The maximum Gasteiger partial charge on any atom is 0.252 e. The molecule has 1 aliphatic carbocycles. The third-order valence-electron chi connectivity index (χ3n) is 4.92. The van der Waals surface area contributed by atoms with E-state index in [1.807, 2.05) is 30.3 Å². The molecule has 1 aliphatic rings. The van der Waals surface area contributed by atoms with Gasteiger partial charge in [0.25, 0.3) is 5.91 Å². The lowest BCUT2D eigenvalue weighted by atomic mass is 9.83. The Morgan fingerprint density at radius 1 is 0.833 bits per heavy atom. The molecule has 6 heteroatoms. The molecule has 0 spiro atoms. The van der Waals surface area contributed by atoms with Crippen molar-refractivity contribution in [3.63, 3.8) is 0 Å². The number of benzene rings is 3. The lowest BCUT2D eigenvalue weighted by Gasteiger charge is -2.22. The van der Waals surface area contributed by atoms with E-state index >= 15 is 0 Å². The summed E-state index contributed by atoms with van der Waals surface area (Å²) in [4.78, 5) is 39.6. The third kappa shape index (κ3) is 3.67. The van der Waals surface area contributed by atoms with Crippen LogP contribution in [0.15, 0.2) is 71.6 Å². The number of carbonyl (C=O) groups is 3. The van der Waals surface area contributed by atoms with Crippen LogP contribution in [-0.2, 0) is 6.54 Å². The fourth-order valence-electron chi connectivity index (χ4n) is 3.51. The fourth-order valence-corrected chi connectivity index (χ4v) is 4.46. The van der Waals surface area contributed by atoms with Crippen molar-refractivity contribution in [3.8, 4) is 0 Å². The van der Waals surface area contributed by atoms with Crippen LogP contribution >= 0.6 is 11.8 Å². The van der Waals surface area contributed by atoms with E-state index < -0.39 is 0 Å². The Hall–Kier alpha value is -3.22. The zero-order valence-corrected chi connectivity index (χ0v) is 16.9. The molecule has 0 radical (unpaired) electrons. The van der Waals surface area contributed by atoms with E-state index in [4.69, 9.17) is 0 Å². The Kier molecular flexibility index (Phi) is 5.79. The Bertz CT molecular complexity index is 1140. The molecule has 0 saturated heterocycles. The Morgan fingerprint density at radius 3 is 2.20 bits per heavy atom. The number of carbonyl (C=O) groups excluding carboxylic acids is 3. The molecule has 0 unspecified atom stereocenters. The van der Waals surface area contributed by atoms with Gasteiger partial charge in [-0.15, -0.1) is 11.8 Å². The normalized spacial score (nSPS) is 12.3. The van der Waals surface area contributed by atoms with Crippen molar-refractivity contribution in [1.29, 1.82) is 0 Å². The molecule has 0 atom stereocenters. The van der Waals surface area contributed by atoms with E-state index in [0.717, 1.165) is 5.56 Å². The van der Waals surface area contributed by atoms with Crippen LogP contribution < -0.4 is 5.32 Å². The van der Waals surface area contributed by atoms with Gasteiger partial charge in [-0.2, -0.15) is 0 Å². The first-order valence-corrected chi connectivity index (χ1v) is 10.5. The highest BCUT2D eigenvalue weighted by atomic mass is 32.2. The summed E-state index contributed by atoms with van der Waals surface area (Å²) in [5.74, 6) is -0.541. The monoisotopic (exact) mass is 417 g/mol. The van der Waals surface area contributed by atoms with Gasteiger partial charge in [0.1, 0.15) is 0 Å². The summed E-state index contributed by atoms with van der Waals surface area (Å²) in [5, 5.41) is 12.2. The lowest BCUT2D eigenvalue weighted by molar-refractivity contribution is 0.0944. The molecule has 0 bridgehead atoms. The topological polar surface area (TPSA) is 83.5 Å². The fraction of sp³-hybridized carbons (Fsp3) is 0.125. The Balaban J connectivity index is 1.74. The number of amides is 1. The summed E-state index contributed by atoms with van der Waals surface area (Å²) < 4.78 is 0. The Morgan fingerprint density at radius 2 is 1.50 bits per heavy atom. The maximum absolute atomic E-state index is 13.2. The first kappa shape index (κ1) is 20.1. The van der Waals surface area contributed by atoms with Gasteiger partial charge >= 0.3 is 0 Å². The zero-order chi connectivity index (χ0) is 21.1. The number of fused-ring (bicyclic) bond motifs is 2. The van der Waals surface area contributed by atoms with Crippen molar-refractivity contribution < 1.29 is 19.5 Å². The number of ketones is 2. The molecule has 150 valence electrons. The van der Waals surface area contributed by atoms with Crippen molar-refractivity contribution in [3.05, 3.63) is 100 Å². The van der Waals surface area contributed by atoms with Crippen molar-refractivity contribution >= 4 is 29.2 Å². The number of thioether (sulfide) groups is 1. The van der Waals surface area contributed by atoms with Crippen LogP contribution in [-0.4, -0.2) is 34.9 Å². The summed E-state index contributed by atoms with van der Waals surface area (Å²) in [7, 11) is 0. The second kappa shape index (κ2) is 8.65. The molecule has 1 amide bonds. The van der Waals surface area contributed by atoms with Crippen LogP contribution in [0.4, 0.5) is 0 Å². The number of rotatable bonds is 6. The largest absolute Gasteiger partial charge is 0.396 e. The molecule has 0 aromatic heterocycles. The summed E-state index contributed by atoms with van der Waals surface area (Å²) in [6.45, 7) is 0.231. The van der Waals surface area contributed by atoms with Crippen molar-refractivity contribution in [2.75, 3.05) is 12.4 Å². The molecule has 0 heterocycles. The van der Waals surface area contributed by atoms with Gasteiger partial charge in [0.2, 0.25) is 0 Å². The quantitative estimate of drug-likeness (QED) is 0.470. The second-order valence-electron chi connectivity index (χ2n) is 6.81. The highest BCUT2D eigenvalue weighted by molar-refractivity contribution is 7.99. The van der Waals surface area contributed by atoms with E-state index in [2.05, 4.69) is 5.32 Å². The van der Waals surface area contributed by atoms with Crippen molar-refractivity contribution in [1.82, 2.24) is 5.32 Å². The number of aliphatic hydroxyl groups is 1. The SMILES string of the molecule is O=C(NCc1ccccc1)c1ccc2c(c1SCCO)C(=O)c1ccccc1C2=O. The summed E-state index contributed by atoms with van der Waals surface area (Å²) in [6, 6.07) is 19.3. The smallest absolute Gasteiger partial charge is 0.252 e.